The predicted octanol–water partition coefficient (Wildman–Crippen LogP) is 2.68. The van der Waals surface area contributed by atoms with Gasteiger partial charge in [0.25, 0.3) is 0 Å². The van der Waals surface area contributed by atoms with Crippen LogP contribution in [0.4, 0.5) is 0 Å². The summed E-state index contributed by atoms with van der Waals surface area (Å²) in [6, 6.07) is 0. The van der Waals surface area contributed by atoms with Gasteiger partial charge < -0.3 is 4.74 Å². The summed E-state index contributed by atoms with van der Waals surface area (Å²) in [7, 11) is 0. The molecule has 3 nitrogen and oxygen atoms in total. The van der Waals surface area contributed by atoms with Crippen molar-refractivity contribution in [3.63, 3.8) is 0 Å². The van der Waals surface area contributed by atoms with Gasteiger partial charge in [0.05, 0.1) is 5.92 Å². The van der Waals surface area contributed by atoms with Crippen LogP contribution in [0.15, 0.2) is 0 Å². The second kappa shape index (κ2) is 5.89. The minimum Gasteiger partial charge on any atom is -0.393 e. The fourth-order valence-corrected chi connectivity index (χ4v) is 2.17. The fraction of sp³-hybridized carbons (Fsp3) is 0.833. The maximum atomic E-state index is 11.5. The fourth-order valence-electron chi connectivity index (χ4n) is 2.17. The summed E-state index contributed by atoms with van der Waals surface area (Å²) in [6.07, 6.45) is 6.25. The number of carbonyl (C=O) groups is 2. The predicted molar refractivity (Wildman–Crippen MR) is 57.1 cm³/mol. The van der Waals surface area contributed by atoms with E-state index in [1.54, 1.807) is 0 Å². The molecular formula is C12H20O3. The molecule has 0 aromatic rings. The second-order valence-corrected chi connectivity index (χ2v) is 4.58. The monoisotopic (exact) mass is 212 g/mol. The molecule has 0 N–H and O–H groups in total. The zero-order chi connectivity index (χ0) is 11.3. The number of esters is 2. The van der Waals surface area contributed by atoms with Crippen LogP contribution in [0.5, 0.6) is 0 Å². The van der Waals surface area contributed by atoms with E-state index in [4.69, 9.17) is 0 Å². The highest BCUT2D eigenvalue weighted by atomic mass is 16.6. The van der Waals surface area contributed by atoms with E-state index in [2.05, 4.69) is 11.7 Å². The minimum atomic E-state index is -0.490. The second-order valence-electron chi connectivity index (χ2n) is 4.58. The molecule has 0 bridgehead atoms. The summed E-state index contributed by atoms with van der Waals surface area (Å²) in [5, 5.41) is 0. The summed E-state index contributed by atoms with van der Waals surface area (Å²) in [5.41, 5.74) is 0. The van der Waals surface area contributed by atoms with Gasteiger partial charge in [0.15, 0.2) is 0 Å². The van der Waals surface area contributed by atoms with Crippen molar-refractivity contribution in [1.29, 1.82) is 0 Å². The van der Waals surface area contributed by atoms with Crippen molar-refractivity contribution >= 4 is 11.9 Å². The Bertz CT molecular complexity index is 225. The Morgan fingerprint density at radius 1 is 1.07 bits per heavy atom. The molecule has 1 aliphatic rings. The van der Waals surface area contributed by atoms with Gasteiger partial charge in [0.1, 0.15) is 0 Å². The normalized spacial score (nSPS) is 27.6. The van der Waals surface area contributed by atoms with Crippen LogP contribution in [-0.2, 0) is 14.3 Å². The molecule has 1 fully saturated rings. The number of ether oxygens (including phenoxy) is 1. The Morgan fingerprint density at radius 3 is 2.07 bits per heavy atom. The Morgan fingerprint density at radius 2 is 1.60 bits per heavy atom. The molecule has 0 unspecified atom stereocenters. The minimum absolute atomic E-state index is 0.0543. The average molecular weight is 212 g/mol. The zero-order valence-corrected chi connectivity index (χ0v) is 9.62. The van der Waals surface area contributed by atoms with E-state index in [-0.39, 0.29) is 11.9 Å². The number of rotatable bonds is 1. The standard InChI is InChI=1S/C12H20O3/c1-9-5-3-7-11(8-4-6-9)12(14)15-10(2)13/h9,11H,3-8H2,1-2H3. The summed E-state index contributed by atoms with van der Waals surface area (Å²) >= 11 is 0. The molecule has 0 amide bonds. The number of hydrogen-bond donors (Lipinski definition) is 0. The van der Waals surface area contributed by atoms with Crippen LogP contribution >= 0.6 is 0 Å². The van der Waals surface area contributed by atoms with Gasteiger partial charge in [-0.25, -0.2) is 0 Å². The maximum Gasteiger partial charge on any atom is 0.316 e. The van der Waals surface area contributed by atoms with Gasteiger partial charge in [0, 0.05) is 6.92 Å². The van der Waals surface area contributed by atoms with Crippen molar-refractivity contribution < 1.29 is 14.3 Å². The van der Waals surface area contributed by atoms with Crippen LogP contribution in [0.2, 0.25) is 0 Å². The summed E-state index contributed by atoms with van der Waals surface area (Å²) in [4.78, 5) is 22.2. The smallest absolute Gasteiger partial charge is 0.316 e. The molecule has 0 aliphatic heterocycles. The molecule has 15 heavy (non-hydrogen) atoms. The van der Waals surface area contributed by atoms with Gasteiger partial charge in [-0.3, -0.25) is 9.59 Å². The molecule has 0 aromatic carbocycles. The largest absolute Gasteiger partial charge is 0.393 e. The van der Waals surface area contributed by atoms with E-state index in [9.17, 15) is 9.59 Å². The summed E-state index contributed by atoms with van der Waals surface area (Å²) < 4.78 is 4.64. The van der Waals surface area contributed by atoms with E-state index in [0.29, 0.717) is 0 Å². The van der Waals surface area contributed by atoms with Crippen molar-refractivity contribution in [3.05, 3.63) is 0 Å². The third-order valence-electron chi connectivity index (χ3n) is 3.08. The van der Waals surface area contributed by atoms with E-state index >= 15 is 0 Å². The first-order chi connectivity index (χ1) is 7.09. The Kier molecular flexibility index (Phi) is 4.79. The lowest BCUT2D eigenvalue weighted by Gasteiger charge is -2.20. The molecule has 0 aromatic heterocycles. The average Bonchev–Trinajstić information content (AvgIpc) is 2.09. The third-order valence-corrected chi connectivity index (χ3v) is 3.08. The van der Waals surface area contributed by atoms with Crippen molar-refractivity contribution in [2.24, 2.45) is 11.8 Å². The summed E-state index contributed by atoms with van der Waals surface area (Å²) in [6.45, 7) is 3.54. The van der Waals surface area contributed by atoms with E-state index in [1.807, 2.05) is 0 Å². The van der Waals surface area contributed by atoms with Crippen LogP contribution in [0.1, 0.15) is 52.4 Å². The maximum absolute atomic E-state index is 11.5. The van der Waals surface area contributed by atoms with E-state index < -0.39 is 5.97 Å². The van der Waals surface area contributed by atoms with Gasteiger partial charge in [0.2, 0.25) is 0 Å². The Hall–Kier alpha value is -0.860. The number of carbonyl (C=O) groups excluding carboxylic acids is 2. The Balaban J connectivity index is 2.40. The molecule has 1 aliphatic carbocycles. The van der Waals surface area contributed by atoms with E-state index in [0.717, 1.165) is 31.6 Å². The molecule has 0 heterocycles. The zero-order valence-electron chi connectivity index (χ0n) is 9.62. The Labute approximate surface area is 91.2 Å². The van der Waals surface area contributed by atoms with Crippen molar-refractivity contribution in [1.82, 2.24) is 0 Å². The highest BCUT2D eigenvalue weighted by molar-refractivity contribution is 5.85. The van der Waals surface area contributed by atoms with Crippen molar-refractivity contribution in [2.45, 2.75) is 52.4 Å². The molecule has 1 rings (SSSR count). The highest BCUT2D eigenvalue weighted by Crippen LogP contribution is 2.26. The molecule has 0 radical (unpaired) electrons. The first-order valence-electron chi connectivity index (χ1n) is 5.82. The highest BCUT2D eigenvalue weighted by Gasteiger charge is 2.23. The van der Waals surface area contributed by atoms with Gasteiger partial charge in [-0.1, -0.05) is 32.6 Å². The summed E-state index contributed by atoms with van der Waals surface area (Å²) in [5.74, 6) is -0.0938. The molecule has 0 saturated heterocycles. The van der Waals surface area contributed by atoms with Crippen LogP contribution in [0, 0.1) is 11.8 Å². The quantitative estimate of drug-likeness (QED) is 0.496. The molecular weight excluding hydrogens is 192 g/mol. The SMILES string of the molecule is CC(=O)OC(=O)C1CCCC(C)CCC1. The third kappa shape index (κ3) is 4.45. The molecule has 3 heteroatoms. The molecule has 0 spiro atoms. The first kappa shape index (κ1) is 12.2. The van der Waals surface area contributed by atoms with Crippen LogP contribution < -0.4 is 0 Å². The van der Waals surface area contributed by atoms with E-state index in [1.165, 1.54) is 19.8 Å². The first-order valence-corrected chi connectivity index (χ1v) is 5.82. The topological polar surface area (TPSA) is 43.4 Å². The van der Waals surface area contributed by atoms with Crippen LogP contribution in [0.3, 0.4) is 0 Å². The lowest BCUT2D eigenvalue weighted by atomic mass is 9.87. The van der Waals surface area contributed by atoms with Gasteiger partial charge in [-0.15, -0.1) is 0 Å². The van der Waals surface area contributed by atoms with Gasteiger partial charge in [-0.05, 0) is 18.8 Å². The van der Waals surface area contributed by atoms with Crippen LogP contribution in [0.25, 0.3) is 0 Å². The van der Waals surface area contributed by atoms with Gasteiger partial charge >= 0.3 is 11.9 Å². The van der Waals surface area contributed by atoms with Crippen molar-refractivity contribution in [2.75, 3.05) is 0 Å². The number of hydrogen-bond acceptors (Lipinski definition) is 3. The van der Waals surface area contributed by atoms with Crippen molar-refractivity contribution in [3.8, 4) is 0 Å². The lowest BCUT2D eigenvalue weighted by Crippen LogP contribution is -2.21. The van der Waals surface area contributed by atoms with Crippen LogP contribution in [-0.4, -0.2) is 11.9 Å². The van der Waals surface area contributed by atoms with Gasteiger partial charge in [-0.2, -0.15) is 0 Å². The molecule has 86 valence electrons. The lowest BCUT2D eigenvalue weighted by molar-refractivity contribution is -0.161. The molecule has 1 saturated carbocycles. The molecule has 0 atom stereocenters.